The second kappa shape index (κ2) is 13.0. The Morgan fingerprint density at radius 3 is 2.38 bits per heavy atom. The zero-order valence-electron chi connectivity index (χ0n) is 24.8. The highest BCUT2D eigenvalue weighted by Gasteiger charge is 2.25. The number of carbonyl (C=O) groups excluding carboxylic acids is 2. The summed E-state index contributed by atoms with van der Waals surface area (Å²) in [5.74, 6) is -0.368. The van der Waals surface area contributed by atoms with Crippen molar-refractivity contribution in [3.05, 3.63) is 96.3 Å². The van der Waals surface area contributed by atoms with Crippen molar-refractivity contribution in [1.82, 2.24) is 30.0 Å². The van der Waals surface area contributed by atoms with Crippen LogP contribution in [0.25, 0.3) is 27.8 Å². The van der Waals surface area contributed by atoms with Gasteiger partial charge in [-0.15, -0.1) is 0 Å². The zero-order valence-corrected chi connectivity index (χ0v) is 24.8. The molecule has 2 aromatic carbocycles. The van der Waals surface area contributed by atoms with E-state index in [-0.39, 0.29) is 24.1 Å². The Kier molecular flexibility index (Phi) is 8.58. The van der Waals surface area contributed by atoms with Gasteiger partial charge >= 0.3 is 5.97 Å². The standard InChI is InChI=1S/C34H33N7O4/c1-21(33(44)39-26-13-10-22(11-14-26)25-19-36-29(37-20-25)18-31(42)43)38-34(45)24-12-15-27-28(17-24)40-41(30-9-5-6-16-35-30)32(27)23-7-3-2-4-8-23/h5-6,9-17,19-21,23H,2-4,7-8,18H2,1H3,(H,38,45)(H,39,44)(H,42,43)/t21-/m1/s1. The van der Waals surface area contributed by atoms with Gasteiger partial charge < -0.3 is 15.7 Å². The van der Waals surface area contributed by atoms with Gasteiger partial charge in [-0.2, -0.15) is 5.10 Å². The summed E-state index contributed by atoms with van der Waals surface area (Å²) < 4.78 is 1.92. The number of pyridine rings is 1. The third-order valence-electron chi connectivity index (χ3n) is 8.07. The van der Waals surface area contributed by atoms with E-state index in [4.69, 9.17) is 10.2 Å². The molecule has 1 fully saturated rings. The lowest BCUT2D eigenvalue weighted by atomic mass is 9.85. The maximum absolute atomic E-state index is 13.2. The van der Waals surface area contributed by atoms with Crippen LogP contribution in [0.3, 0.4) is 0 Å². The molecule has 1 saturated carbocycles. The molecule has 0 saturated heterocycles. The van der Waals surface area contributed by atoms with E-state index in [1.165, 1.54) is 19.3 Å². The molecular weight excluding hydrogens is 570 g/mol. The molecule has 0 spiro atoms. The number of nitrogens with one attached hydrogen (secondary N) is 2. The molecular formula is C34H33N7O4. The minimum absolute atomic E-state index is 0.231. The van der Waals surface area contributed by atoms with E-state index in [2.05, 4.69) is 25.6 Å². The predicted molar refractivity (Wildman–Crippen MR) is 169 cm³/mol. The molecule has 0 radical (unpaired) electrons. The minimum Gasteiger partial charge on any atom is -0.481 e. The van der Waals surface area contributed by atoms with Crippen molar-refractivity contribution in [2.24, 2.45) is 0 Å². The summed E-state index contributed by atoms with van der Waals surface area (Å²) in [5.41, 5.74) is 4.36. The number of aliphatic carboxylic acids is 1. The monoisotopic (exact) mass is 603 g/mol. The lowest BCUT2D eigenvalue weighted by molar-refractivity contribution is -0.136. The van der Waals surface area contributed by atoms with Crippen LogP contribution in [0.5, 0.6) is 0 Å². The summed E-state index contributed by atoms with van der Waals surface area (Å²) in [6, 6.07) is 17.6. The molecule has 2 amide bonds. The molecule has 3 N–H and O–H groups in total. The van der Waals surface area contributed by atoms with Crippen molar-refractivity contribution >= 4 is 34.4 Å². The number of benzene rings is 2. The van der Waals surface area contributed by atoms with Crippen molar-refractivity contribution in [3.63, 3.8) is 0 Å². The lowest BCUT2D eigenvalue weighted by Crippen LogP contribution is -2.41. The van der Waals surface area contributed by atoms with Crippen LogP contribution in [0.1, 0.15) is 66.8 Å². The third-order valence-corrected chi connectivity index (χ3v) is 8.07. The van der Waals surface area contributed by atoms with Gasteiger partial charge in [-0.1, -0.05) is 43.5 Å². The van der Waals surface area contributed by atoms with Gasteiger partial charge in [-0.25, -0.2) is 19.6 Å². The molecule has 1 atom stereocenters. The molecule has 228 valence electrons. The number of carbonyl (C=O) groups is 3. The summed E-state index contributed by atoms with van der Waals surface area (Å²) in [6.07, 6.45) is 10.4. The summed E-state index contributed by atoms with van der Waals surface area (Å²) in [5, 5.41) is 20.4. The number of anilines is 1. The highest BCUT2D eigenvalue weighted by atomic mass is 16.4. The highest BCUT2D eigenvalue weighted by molar-refractivity contribution is 6.02. The van der Waals surface area contributed by atoms with Crippen molar-refractivity contribution < 1.29 is 19.5 Å². The first-order valence-electron chi connectivity index (χ1n) is 15.0. The van der Waals surface area contributed by atoms with Gasteiger partial charge in [0.05, 0.1) is 11.2 Å². The third kappa shape index (κ3) is 6.72. The van der Waals surface area contributed by atoms with Crippen LogP contribution in [0, 0.1) is 0 Å². The second-order valence-electron chi connectivity index (χ2n) is 11.3. The number of carboxylic acids is 1. The number of hydrogen-bond donors (Lipinski definition) is 3. The van der Waals surface area contributed by atoms with E-state index in [9.17, 15) is 14.4 Å². The number of nitrogens with zero attached hydrogens (tertiary/aromatic N) is 5. The van der Waals surface area contributed by atoms with Crippen LogP contribution in [-0.4, -0.2) is 53.7 Å². The summed E-state index contributed by atoms with van der Waals surface area (Å²) in [6.45, 7) is 1.63. The number of rotatable bonds is 9. The van der Waals surface area contributed by atoms with E-state index in [1.807, 2.05) is 28.9 Å². The smallest absolute Gasteiger partial charge is 0.311 e. The Bertz CT molecular complexity index is 1830. The Labute approximate surface area is 259 Å². The maximum atomic E-state index is 13.2. The first-order valence-corrected chi connectivity index (χ1v) is 15.0. The fraction of sp³-hybridized carbons (Fsp3) is 0.265. The largest absolute Gasteiger partial charge is 0.481 e. The molecule has 1 aliphatic carbocycles. The molecule has 45 heavy (non-hydrogen) atoms. The van der Waals surface area contributed by atoms with Crippen LogP contribution < -0.4 is 10.6 Å². The zero-order chi connectivity index (χ0) is 31.3. The summed E-state index contributed by atoms with van der Waals surface area (Å²) in [7, 11) is 0. The number of amides is 2. The average molecular weight is 604 g/mol. The van der Waals surface area contributed by atoms with Gasteiger partial charge in [0.15, 0.2) is 5.82 Å². The predicted octanol–water partition coefficient (Wildman–Crippen LogP) is 5.31. The second-order valence-corrected chi connectivity index (χ2v) is 11.3. The molecule has 11 heteroatoms. The maximum Gasteiger partial charge on any atom is 0.311 e. The van der Waals surface area contributed by atoms with Gasteiger partial charge in [0.25, 0.3) is 5.91 Å². The van der Waals surface area contributed by atoms with Crippen LogP contribution in [0.2, 0.25) is 0 Å². The van der Waals surface area contributed by atoms with Gasteiger partial charge in [0, 0.05) is 46.7 Å². The van der Waals surface area contributed by atoms with Gasteiger partial charge in [-0.05, 0) is 61.7 Å². The number of fused-ring (bicyclic) bond motifs is 1. The Morgan fingerprint density at radius 2 is 1.69 bits per heavy atom. The van der Waals surface area contributed by atoms with Crippen LogP contribution >= 0.6 is 0 Å². The minimum atomic E-state index is -0.994. The number of carboxylic acid groups (broad SMARTS) is 1. The quantitative estimate of drug-likeness (QED) is 0.205. The molecule has 3 heterocycles. The van der Waals surface area contributed by atoms with Gasteiger partial charge in [0.1, 0.15) is 18.3 Å². The molecule has 11 nitrogen and oxygen atoms in total. The molecule has 6 rings (SSSR count). The molecule has 0 bridgehead atoms. The van der Waals surface area contributed by atoms with E-state index in [1.54, 1.807) is 61.9 Å². The average Bonchev–Trinajstić information content (AvgIpc) is 3.45. The molecule has 3 aromatic heterocycles. The van der Waals surface area contributed by atoms with Crippen molar-refractivity contribution in [2.75, 3.05) is 5.32 Å². The lowest BCUT2D eigenvalue weighted by Gasteiger charge is -2.22. The van der Waals surface area contributed by atoms with E-state index >= 15 is 0 Å². The van der Waals surface area contributed by atoms with Gasteiger partial charge in [0.2, 0.25) is 5.91 Å². The molecule has 1 aliphatic rings. The van der Waals surface area contributed by atoms with E-state index in [0.29, 0.717) is 22.7 Å². The van der Waals surface area contributed by atoms with Crippen LogP contribution in [0.15, 0.2) is 79.3 Å². The van der Waals surface area contributed by atoms with Crippen molar-refractivity contribution in [3.8, 4) is 16.9 Å². The Hall–Kier alpha value is -5.45. The summed E-state index contributed by atoms with van der Waals surface area (Å²) in [4.78, 5) is 49.7. The summed E-state index contributed by atoms with van der Waals surface area (Å²) >= 11 is 0. The van der Waals surface area contributed by atoms with E-state index < -0.39 is 12.0 Å². The first-order chi connectivity index (χ1) is 21.9. The number of aromatic nitrogens is 5. The first kappa shape index (κ1) is 29.6. The van der Waals surface area contributed by atoms with Crippen LogP contribution in [0.4, 0.5) is 5.69 Å². The Balaban J connectivity index is 1.13. The van der Waals surface area contributed by atoms with Crippen molar-refractivity contribution in [1.29, 1.82) is 0 Å². The SMILES string of the molecule is C[C@@H](NC(=O)c1ccc2c(C3CCCCC3)n(-c3ccccn3)nc2c1)C(=O)Nc1ccc(-c2cnc(CC(=O)O)nc2)cc1. The van der Waals surface area contributed by atoms with Gasteiger partial charge in [-0.3, -0.25) is 14.4 Å². The highest BCUT2D eigenvalue weighted by Crippen LogP contribution is 2.37. The fourth-order valence-corrected chi connectivity index (χ4v) is 5.74. The topological polar surface area (TPSA) is 152 Å². The number of hydrogen-bond acceptors (Lipinski definition) is 7. The normalized spacial score (nSPS) is 14.2. The Morgan fingerprint density at radius 1 is 0.933 bits per heavy atom. The fourth-order valence-electron chi connectivity index (χ4n) is 5.74. The van der Waals surface area contributed by atoms with E-state index in [0.717, 1.165) is 40.9 Å². The molecule has 0 aliphatic heterocycles. The molecule has 5 aromatic rings. The molecule has 0 unspecified atom stereocenters. The van der Waals surface area contributed by atoms with Crippen molar-refractivity contribution in [2.45, 2.75) is 57.4 Å². The van der Waals surface area contributed by atoms with Crippen LogP contribution in [-0.2, 0) is 16.0 Å².